The summed E-state index contributed by atoms with van der Waals surface area (Å²) in [5.74, 6) is -0.847. The Hall–Kier alpha value is -2.10. The third kappa shape index (κ3) is 5.95. The van der Waals surface area contributed by atoms with E-state index in [4.69, 9.17) is 27.9 Å². The molecular weight excluding hydrogens is 383 g/mol. The maximum Gasteiger partial charge on any atom is 0.331 e. The summed E-state index contributed by atoms with van der Waals surface area (Å²) >= 11 is 11.8. The van der Waals surface area contributed by atoms with Crippen LogP contribution in [0.3, 0.4) is 0 Å². The number of carbonyl (C=O) groups is 2. The van der Waals surface area contributed by atoms with Crippen LogP contribution in [0.15, 0.2) is 48.5 Å². The molecule has 142 valence electrons. The number of hydrogen-bond acceptors (Lipinski definition) is 3. The second-order valence-corrected chi connectivity index (χ2v) is 8.09. The van der Waals surface area contributed by atoms with E-state index in [-0.39, 0.29) is 11.2 Å². The summed E-state index contributed by atoms with van der Waals surface area (Å²) in [6.07, 6.45) is 1.93. The van der Waals surface area contributed by atoms with Crippen LogP contribution in [0.1, 0.15) is 49.2 Å². The minimum Gasteiger partial charge on any atom is -0.451 e. The molecular formula is C22H22Cl2O3. The largest absolute Gasteiger partial charge is 0.451 e. The Morgan fingerprint density at radius 3 is 2.19 bits per heavy atom. The SMILES string of the molecule is C[C@H](OC(=O)/C=C/c1ccc(Cl)c(Cl)c1)C(=O)c1ccc(C(C)(C)C)cc1. The number of carbonyl (C=O) groups excluding carboxylic acids is 2. The lowest BCUT2D eigenvalue weighted by molar-refractivity contribution is -0.140. The molecule has 0 amide bonds. The molecule has 0 saturated carbocycles. The molecule has 2 rings (SSSR count). The Kier molecular flexibility index (Phi) is 6.85. The summed E-state index contributed by atoms with van der Waals surface area (Å²) in [5, 5.41) is 0.836. The van der Waals surface area contributed by atoms with E-state index in [0.717, 1.165) is 5.56 Å². The van der Waals surface area contributed by atoms with Crippen molar-refractivity contribution >= 4 is 41.0 Å². The molecule has 0 fully saturated rings. The molecule has 0 spiro atoms. The molecule has 0 aliphatic carbocycles. The van der Waals surface area contributed by atoms with Gasteiger partial charge in [-0.05, 0) is 41.7 Å². The van der Waals surface area contributed by atoms with Gasteiger partial charge in [0.05, 0.1) is 10.0 Å². The summed E-state index contributed by atoms with van der Waals surface area (Å²) in [6, 6.07) is 12.4. The number of rotatable bonds is 5. The van der Waals surface area contributed by atoms with E-state index < -0.39 is 12.1 Å². The van der Waals surface area contributed by atoms with Crippen molar-refractivity contribution in [3.63, 3.8) is 0 Å². The summed E-state index contributed by atoms with van der Waals surface area (Å²) < 4.78 is 5.21. The minimum absolute atomic E-state index is 0.00895. The first-order chi connectivity index (χ1) is 12.6. The topological polar surface area (TPSA) is 43.4 Å². The zero-order chi connectivity index (χ0) is 20.2. The van der Waals surface area contributed by atoms with Crippen LogP contribution in [0.25, 0.3) is 6.08 Å². The average Bonchev–Trinajstić information content (AvgIpc) is 2.61. The Bertz CT molecular complexity index is 862. The van der Waals surface area contributed by atoms with E-state index in [0.29, 0.717) is 21.2 Å². The highest BCUT2D eigenvalue weighted by atomic mass is 35.5. The summed E-state index contributed by atoms with van der Waals surface area (Å²) in [6.45, 7) is 7.88. The van der Waals surface area contributed by atoms with Crippen LogP contribution in [0.2, 0.25) is 10.0 Å². The van der Waals surface area contributed by atoms with Crippen LogP contribution in [0.4, 0.5) is 0 Å². The summed E-state index contributed by atoms with van der Waals surface area (Å²) in [4.78, 5) is 24.4. The molecule has 5 heteroatoms. The molecule has 0 heterocycles. The van der Waals surface area contributed by atoms with Crippen LogP contribution < -0.4 is 0 Å². The smallest absolute Gasteiger partial charge is 0.331 e. The highest BCUT2D eigenvalue weighted by molar-refractivity contribution is 6.42. The van der Waals surface area contributed by atoms with Crippen molar-refractivity contribution in [3.8, 4) is 0 Å². The van der Waals surface area contributed by atoms with E-state index in [2.05, 4.69) is 20.8 Å². The molecule has 0 aliphatic heterocycles. The maximum atomic E-state index is 12.5. The molecule has 27 heavy (non-hydrogen) atoms. The van der Waals surface area contributed by atoms with Crippen molar-refractivity contribution in [2.45, 2.75) is 39.2 Å². The molecule has 2 aromatic carbocycles. The first-order valence-electron chi connectivity index (χ1n) is 8.56. The number of halogens is 2. The van der Waals surface area contributed by atoms with Gasteiger partial charge in [-0.1, -0.05) is 74.3 Å². The average molecular weight is 405 g/mol. The molecule has 0 N–H and O–H groups in total. The van der Waals surface area contributed by atoms with Crippen molar-refractivity contribution in [2.24, 2.45) is 0 Å². The number of Topliss-reactive ketones (excluding diaryl/α,β-unsaturated/α-hetero) is 1. The number of ether oxygens (including phenoxy) is 1. The molecule has 0 aromatic heterocycles. The predicted octanol–water partition coefficient (Wildman–Crippen LogP) is 6.12. The molecule has 0 unspecified atom stereocenters. The van der Waals surface area contributed by atoms with Crippen LogP contribution >= 0.6 is 23.2 Å². The van der Waals surface area contributed by atoms with Crippen molar-refractivity contribution < 1.29 is 14.3 Å². The van der Waals surface area contributed by atoms with Crippen molar-refractivity contribution in [2.75, 3.05) is 0 Å². The number of ketones is 1. The highest BCUT2D eigenvalue weighted by Gasteiger charge is 2.20. The monoisotopic (exact) mass is 404 g/mol. The molecule has 0 aliphatic rings. The fraction of sp³-hybridized carbons (Fsp3) is 0.273. The van der Waals surface area contributed by atoms with Gasteiger partial charge in [-0.2, -0.15) is 0 Å². The molecule has 2 aromatic rings. The summed E-state index contributed by atoms with van der Waals surface area (Å²) in [7, 11) is 0. The Morgan fingerprint density at radius 1 is 1.00 bits per heavy atom. The fourth-order valence-corrected chi connectivity index (χ4v) is 2.72. The zero-order valence-electron chi connectivity index (χ0n) is 15.8. The fourth-order valence-electron chi connectivity index (χ4n) is 2.42. The molecule has 1 atom stereocenters. The predicted molar refractivity (Wildman–Crippen MR) is 111 cm³/mol. The van der Waals surface area contributed by atoms with Crippen LogP contribution in [0, 0.1) is 0 Å². The normalized spacial score (nSPS) is 12.8. The van der Waals surface area contributed by atoms with Crippen LogP contribution in [0.5, 0.6) is 0 Å². The lowest BCUT2D eigenvalue weighted by Crippen LogP contribution is -2.23. The van der Waals surface area contributed by atoms with Gasteiger partial charge in [-0.15, -0.1) is 0 Å². The van der Waals surface area contributed by atoms with E-state index in [1.807, 2.05) is 12.1 Å². The lowest BCUT2D eigenvalue weighted by Gasteiger charge is -2.19. The van der Waals surface area contributed by atoms with Gasteiger partial charge in [0.25, 0.3) is 0 Å². The van der Waals surface area contributed by atoms with E-state index >= 15 is 0 Å². The van der Waals surface area contributed by atoms with Crippen LogP contribution in [-0.4, -0.2) is 17.9 Å². The van der Waals surface area contributed by atoms with Gasteiger partial charge < -0.3 is 4.74 Å². The van der Waals surface area contributed by atoms with Crippen molar-refractivity contribution in [1.29, 1.82) is 0 Å². The molecule has 0 saturated heterocycles. The number of hydrogen-bond donors (Lipinski definition) is 0. The third-order valence-electron chi connectivity index (χ3n) is 4.05. The Labute approximate surface area is 169 Å². The lowest BCUT2D eigenvalue weighted by atomic mass is 9.86. The van der Waals surface area contributed by atoms with Gasteiger partial charge in [-0.25, -0.2) is 4.79 Å². The van der Waals surface area contributed by atoms with E-state index in [9.17, 15) is 9.59 Å². The van der Waals surface area contributed by atoms with Crippen LogP contribution in [-0.2, 0) is 14.9 Å². The minimum atomic E-state index is -0.878. The first kappa shape index (κ1) is 21.2. The van der Waals surface area contributed by atoms with Gasteiger partial charge in [0.1, 0.15) is 0 Å². The highest BCUT2D eigenvalue weighted by Crippen LogP contribution is 2.24. The van der Waals surface area contributed by atoms with Gasteiger partial charge in [0.15, 0.2) is 6.10 Å². The Morgan fingerprint density at radius 2 is 1.63 bits per heavy atom. The Balaban J connectivity index is 1.99. The second-order valence-electron chi connectivity index (χ2n) is 7.28. The van der Waals surface area contributed by atoms with Crippen molar-refractivity contribution in [1.82, 2.24) is 0 Å². The van der Waals surface area contributed by atoms with E-state index in [1.54, 1.807) is 43.3 Å². The van der Waals surface area contributed by atoms with Gasteiger partial charge in [0, 0.05) is 11.6 Å². The van der Waals surface area contributed by atoms with Crippen molar-refractivity contribution in [3.05, 3.63) is 75.3 Å². The number of esters is 1. The van der Waals surface area contributed by atoms with Gasteiger partial charge >= 0.3 is 5.97 Å². The second kappa shape index (κ2) is 8.73. The van der Waals surface area contributed by atoms with Gasteiger partial charge in [-0.3, -0.25) is 4.79 Å². The first-order valence-corrected chi connectivity index (χ1v) is 9.32. The molecule has 0 radical (unpaired) electrons. The van der Waals surface area contributed by atoms with E-state index in [1.165, 1.54) is 6.08 Å². The maximum absolute atomic E-state index is 12.5. The molecule has 0 bridgehead atoms. The van der Waals surface area contributed by atoms with Gasteiger partial charge in [0.2, 0.25) is 5.78 Å². The standard InChI is InChI=1S/C22H22Cl2O3/c1-14(21(26)16-7-9-17(10-8-16)22(2,3)4)27-20(25)12-6-15-5-11-18(23)19(24)13-15/h5-14H,1-4H3/b12-6+/t14-/m0/s1. The zero-order valence-corrected chi connectivity index (χ0v) is 17.3. The molecule has 3 nitrogen and oxygen atoms in total. The quantitative estimate of drug-likeness (QED) is 0.342. The third-order valence-corrected chi connectivity index (χ3v) is 4.79. The number of benzene rings is 2. The summed E-state index contributed by atoms with van der Waals surface area (Å²) in [5.41, 5.74) is 2.36.